The van der Waals surface area contributed by atoms with Gasteiger partial charge in [-0.15, -0.1) is 0 Å². The second-order valence-electron chi connectivity index (χ2n) is 11.8. The van der Waals surface area contributed by atoms with Crippen LogP contribution in [0.1, 0.15) is 46.2 Å². The standard InChI is InChI=1S/C26H32F3N5O4/c1-24(2,3)20(33-23(37)26(27,28)29)22(36)34-12-14-18(25(14,4)5)19(34)21(35)32-16(11-30)13-6-7-15-17(10-13)38-9-8-31-15/h6-7,10,14,16,18-20,31H,8-9,12H2,1-5H3,(H,32,35)(H,33,37)/t14-,16?,18-,19-,20?/m0/s1. The van der Waals surface area contributed by atoms with Gasteiger partial charge in [0.15, 0.2) is 0 Å². The summed E-state index contributed by atoms with van der Waals surface area (Å²) in [6.07, 6.45) is -5.16. The first-order valence-corrected chi connectivity index (χ1v) is 12.5. The van der Waals surface area contributed by atoms with E-state index >= 15 is 0 Å². The highest BCUT2D eigenvalue weighted by atomic mass is 19.4. The molecule has 1 saturated heterocycles. The van der Waals surface area contributed by atoms with E-state index in [1.807, 2.05) is 19.2 Å². The fraction of sp³-hybridized carbons (Fsp3) is 0.615. The molecular formula is C26H32F3N5O4. The Morgan fingerprint density at radius 2 is 1.89 bits per heavy atom. The van der Waals surface area contributed by atoms with E-state index in [1.165, 1.54) is 4.90 Å². The summed E-state index contributed by atoms with van der Waals surface area (Å²) in [5.74, 6) is -3.27. The van der Waals surface area contributed by atoms with Crippen LogP contribution in [0.15, 0.2) is 18.2 Å². The van der Waals surface area contributed by atoms with E-state index in [9.17, 15) is 32.8 Å². The number of hydrogen-bond donors (Lipinski definition) is 3. The van der Waals surface area contributed by atoms with Crippen molar-refractivity contribution < 1.29 is 32.3 Å². The van der Waals surface area contributed by atoms with Crippen LogP contribution in [0.5, 0.6) is 5.75 Å². The first-order valence-electron chi connectivity index (χ1n) is 12.5. The number of anilines is 1. The first-order chi connectivity index (χ1) is 17.6. The summed E-state index contributed by atoms with van der Waals surface area (Å²) in [5.41, 5.74) is -0.0603. The number of nitrogens with one attached hydrogen (secondary N) is 3. The van der Waals surface area contributed by atoms with Gasteiger partial charge in [0.25, 0.3) is 0 Å². The number of nitriles is 1. The predicted molar refractivity (Wildman–Crippen MR) is 131 cm³/mol. The minimum absolute atomic E-state index is 0.0371. The Morgan fingerprint density at radius 1 is 1.21 bits per heavy atom. The Morgan fingerprint density at radius 3 is 2.50 bits per heavy atom. The van der Waals surface area contributed by atoms with Crippen molar-refractivity contribution in [3.8, 4) is 11.8 Å². The minimum Gasteiger partial charge on any atom is -0.490 e. The van der Waals surface area contributed by atoms with E-state index in [0.717, 1.165) is 5.69 Å². The highest BCUT2D eigenvalue weighted by Crippen LogP contribution is 2.65. The third kappa shape index (κ3) is 4.98. The molecule has 12 heteroatoms. The van der Waals surface area contributed by atoms with E-state index in [0.29, 0.717) is 24.5 Å². The van der Waals surface area contributed by atoms with Gasteiger partial charge in [0.05, 0.1) is 11.8 Å². The molecule has 38 heavy (non-hydrogen) atoms. The number of ether oxygens (including phenoxy) is 1. The van der Waals surface area contributed by atoms with Gasteiger partial charge in [-0.25, -0.2) is 0 Å². The molecule has 2 heterocycles. The summed E-state index contributed by atoms with van der Waals surface area (Å²) in [6.45, 7) is 9.82. The Balaban J connectivity index is 1.58. The fourth-order valence-corrected chi connectivity index (χ4v) is 5.59. The van der Waals surface area contributed by atoms with Gasteiger partial charge in [0.2, 0.25) is 11.8 Å². The molecule has 1 saturated carbocycles. The number of halogens is 3. The van der Waals surface area contributed by atoms with E-state index in [1.54, 1.807) is 39.0 Å². The van der Waals surface area contributed by atoms with Crippen LogP contribution < -0.4 is 20.7 Å². The van der Waals surface area contributed by atoms with Crippen molar-refractivity contribution in [2.75, 3.05) is 25.0 Å². The topological polar surface area (TPSA) is 124 Å². The van der Waals surface area contributed by atoms with E-state index < -0.39 is 47.4 Å². The number of hydrogen-bond acceptors (Lipinski definition) is 6. The third-order valence-electron chi connectivity index (χ3n) is 7.84. The molecule has 3 N–H and O–H groups in total. The average molecular weight is 536 g/mol. The zero-order valence-electron chi connectivity index (χ0n) is 21.9. The number of alkyl halides is 3. The molecule has 2 fully saturated rings. The average Bonchev–Trinajstić information content (AvgIpc) is 3.16. The van der Waals surface area contributed by atoms with Crippen molar-refractivity contribution in [3.63, 3.8) is 0 Å². The van der Waals surface area contributed by atoms with Gasteiger partial charge in [-0.3, -0.25) is 14.4 Å². The molecule has 9 nitrogen and oxygen atoms in total. The second kappa shape index (κ2) is 9.36. The van der Waals surface area contributed by atoms with Crippen LogP contribution in [0, 0.1) is 34.0 Å². The van der Waals surface area contributed by atoms with Crippen molar-refractivity contribution >= 4 is 23.4 Å². The minimum atomic E-state index is -5.16. The lowest BCUT2D eigenvalue weighted by Crippen LogP contribution is -2.60. The van der Waals surface area contributed by atoms with Gasteiger partial charge >= 0.3 is 12.1 Å². The van der Waals surface area contributed by atoms with E-state index in [-0.39, 0.29) is 23.8 Å². The Kier molecular flexibility index (Phi) is 6.78. The highest BCUT2D eigenvalue weighted by molar-refractivity contribution is 5.95. The summed E-state index contributed by atoms with van der Waals surface area (Å²) in [7, 11) is 0. The summed E-state index contributed by atoms with van der Waals surface area (Å²) in [5, 5.41) is 17.6. The van der Waals surface area contributed by atoms with Crippen molar-refractivity contribution in [1.29, 1.82) is 5.26 Å². The maximum atomic E-state index is 13.6. The largest absolute Gasteiger partial charge is 0.490 e. The quantitative estimate of drug-likeness (QED) is 0.533. The summed E-state index contributed by atoms with van der Waals surface area (Å²) in [6, 6.07) is 3.63. The van der Waals surface area contributed by atoms with Gasteiger partial charge in [0, 0.05) is 13.1 Å². The van der Waals surface area contributed by atoms with Crippen LogP contribution in [0.2, 0.25) is 0 Å². The van der Waals surface area contributed by atoms with Gasteiger partial charge in [-0.1, -0.05) is 40.7 Å². The van der Waals surface area contributed by atoms with Crippen LogP contribution in [0.3, 0.4) is 0 Å². The van der Waals surface area contributed by atoms with E-state index in [4.69, 9.17) is 4.74 Å². The number of carbonyl (C=O) groups is 3. The number of amides is 3. The van der Waals surface area contributed by atoms with Gasteiger partial charge in [-0.05, 0) is 40.4 Å². The molecule has 0 aromatic heterocycles. The molecular weight excluding hydrogens is 503 g/mol. The molecule has 1 aromatic carbocycles. The number of fused-ring (bicyclic) bond motifs is 2. The maximum Gasteiger partial charge on any atom is 0.471 e. The van der Waals surface area contributed by atoms with Crippen LogP contribution in [-0.4, -0.2) is 60.6 Å². The van der Waals surface area contributed by atoms with Crippen molar-refractivity contribution in [1.82, 2.24) is 15.5 Å². The maximum absolute atomic E-state index is 13.6. The number of piperidine rings is 1. The van der Waals surface area contributed by atoms with Crippen LogP contribution in [-0.2, 0) is 14.4 Å². The second-order valence-corrected chi connectivity index (χ2v) is 11.8. The van der Waals surface area contributed by atoms with Crippen molar-refractivity contribution in [2.24, 2.45) is 22.7 Å². The van der Waals surface area contributed by atoms with Gasteiger partial charge in [0.1, 0.15) is 30.5 Å². The molecule has 3 aliphatic rings. The Hall–Kier alpha value is -3.49. The van der Waals surface area contributed by atoms with Crippen molar-refractivity contribution in [2.45, 2.75) is 58.9 Å². The summed E-state index contributed by atoms with van der Waals surface area (Å²) in [4.78, 5) is 40.2. The first kappa shape index (κ1) is 27.5. The monoisotopic (exact) mass is 535 g/mol. The highest BCUT2D eigenvalue weighted by Gasteiger charge is 2.70. The van der Waals surface area contributed by atoms with Gasteiger partial charge in [-0.2, -0.15) is 18.4 Å². The fourth-order valence-electron chi connectivity index (χ4n) is 5.59. The smallest absolute Gasteiger partial charge is 0.471 e. The number of likely N-dealkylation sites (tertiary alicyclic amines) is 1. The molecule has 5 atom stereocenters. The van der Waals surface area contributed by atoms with Crippen LogP contribution in [0.25, 0.3) is 0 Å². The molecule has 2 unspecified atom stereocenters. The lowest BCUT2D eigenvalue weighted by Gasteiger charge is -2.37. The lowest BCUT2D eigenvalue weighted by atomic mass is 9.85. The predicted octanol–water partition coefficient (Wildman–Crippen LogP) is 2.75. The Labute approximate surface area is 219 Å². The summed E-state index contributed by atoms with van der Waals surface area (Å²) < 4.78 is 44.7. The lowest BCUT2D eigenvalue weighted by molar-refractivity contribution is -0.176. The van der Waals surface area contributed by atoms with Gasteiger partial charge < -0.3 is 25.6 Å². The van der Waals surface area contributed by atoms with Crippen molar-refractivity contribution in [3.05, 3.63) is 23.8 Å². The molecule has 1 aromatic rings. The normalized spacial score (nSPS) is 24.9. The zero-order valence-corrected chi connectivity index (χ0v) is 21.9. The molecule has 0 spiro atoms. The van der Waals surface area contributed by atoms with Crippen LogP contribution >= 0.6 is 0 Å². The third-order valence-corrected chi connectivity index (χ3v) is 7.84. The zero-order chi connectivity index (χ0) is 28.2. The molecule has 1 aliphatic carbocycles. The molecule has 206 valence electrons. The molecule has 2 aliphatic heterocycles. The number of nitrogens with zero attached hydrogens (tertiary/aromatic N) is 2. The summed E-state index contributed by atoms with van der Waals surface area (Å²) >= 11 is 0. The SMILES string of the molecule is CC(C)(C)C(NC(=O)C(F)(F)F)C(=O)N1C[C@H]2[C@@H]([C@H]1C(=O)NC(C#N)c1ccc3c(c1)OCCN3)C2(C)C. The molecule has 4 rings (SSSR count). The Bertz CT molecular complexity index is 1190. The molecule has 0 radical (unpaired) electrons. The van der Waals surface area contributed by atoms with Crippen LogP contribution in [0.4, 0.5) is 18.9 Å². The molecule has 3 amide bonds. The number of rotatable bonds is 5. The molecule has 0 bridgehead atoms. The van der Waals surface area contributed by atoms with E-state index in [2.05, 4.69) is 16.7 Å². The number of benzene rings is 1. The number of carbonyl (C=O) groups excluding carboxylic acids is 3.